The van der Waals surface area contributed by atoms with Gasteiger partial charge in [0.15, 0.2) is 18.1 Å². The van der Waals surface area contributed by atoms with E-state index in [-0.39, 0.29) is 12.5 Å². The van der Waals surface area contributed by atoms with Gasteiger partial charge < -0.3 is 18.7 Å². The number of hydrogen-bond acceptors (Lipinski definition) is 7. The summed E-state index contributed by atoms with van der Waals surface area (Å²) in [6, 6.07) is 12.4. The maximum absolute atomic E-state index is 11.9. The molecule has 7 nitrogen and oxygen atoms in total. The lowest BCUT2D eigenvalue weighted by atomic mass is 10.2. The molecule has 142 valence electrons. The molecule has 8 heteroatoms. The standard InChI is InChI=1S/C20H15ClN2O5/c21-15-5-3-14(4-6-15)20-22-18(28-23-20)12-27-19(24)8-2-13-1-7-16-17(11-13)26-10-9-25-16/h1-8,11H,9-10,12H2/b8-2+. The van der Waals surface area contributed by atoms with Crippen molar-refractivity contribution in [3.05, 3.63) is 65.0 Å². The largest absolute Gasteiger partial charge is 0.486 e. The fraction of sp³-hybridized carbons (Fsp3) is 0.150. The molecule has 4 rings (SSSR count). The normalized spacial score (nSPS) is 12.9. The van der Waals surface area contributed by atoms with Crippen LogP contribution in [0.25, 0.3) is 17.5 Å². The molecule has 0 fully saturated rings. The van der Waals surface area contributed by atoms with Crippen molar-refractivity contribution in [2.24, 2.45) is 0 Å². The van der Waals surface area contributed by atoms with E-state index in [1.54, 1.807) is 42.5 Å². The Hall–Kier alpha value is -3.32. The highest BCUT2D eigenvalue weighted by molar-refractivity contribution is 6.30. The van der Waals surface area contributed by atoms with Gasteiger partial charge in [-0.15, -0.1) is 0 Å². The lowest BCUT2D eigenvalue weighted by molar-refractivity contribution is -0.139. The number of nitrogens with zero attached hydrogens (tertiary/aromatic N) is 2. The number of hydrogen-bond donors (Lipinski definition) is 0. The molecule has 2 heterocycles. The highest BCUT2D eigenvalue weighted by atomic mass is 35.5. The molecule has 2 aromatic carbocycles. The number of rotatable bonds is 5. The van der Waals surface area contributed by atoms with Crippen molar-refractivity contribution in [3.8, 4) is 22.9 Å². The van der Waals surface area contributed by atoms with E-state index in [1.165, 1.54) is 6.08 Å². The lowest BCUT2D eigenvalue weighted by Gasteiger charge is -2.18. The number of esters is 1. The van der Waals surface area contributed by atoms with Crippen molar-refractivity contribution in [1.82, 2.24) is 10.1 Å². The number of halogens is 1. The first-order valence-corrected chi connectivity index (χ1v) is 8.88. The molecule has 0 spiro atoms. The summed E-state index contributed by atoms with van der Waals surface area (Å²) < 4.78 is 21.2. The van der Waals surface area contributed by atoms with Crippen LogP contribution in [-0.2, 0) is 16.1 Å². The molecule has 0 unspecified atom stereocenters. The van der Waals surface area contributed by atoms with Crippen LogP contribution in [0.1, 0.15) is 11.5 Å². The summed E-state index contributed by atoms with van der Waals surface area (Å²) in [5.74, 6) is 1.42. The van der Waals surface area contributed by atoms with Gasteiger partial charge in [-0.25, -0.2) is 4.79 Å². The van der Waals surface area contributed by atoms with E-state index in [2.05, 4.69) is 10.1 Å². The van der Waals surface area contributed by atoms with E-state index < -0.39 is 5.97 Å². The summed E-state index contributed by atoms with van der Waals surface area (Å²) in [5, 5.41) is 4.48. The molecule has 0 saturated heterocycles. The fourth-order valence-corrected chi connectivity index (χ4v) is 2.66. The van der Waals surface area contributed by atoms with Gasteiger partial charge in [0, 0.05) is 16.7 Å². The SMILES string of the molecule is O=C(/C=C/c1ccc2c(c1)OCCO2)OCc1nc(-c2ccc(Cl)cc2)no1. The van der Waals surface area contributed by atoms with E-state index in [4.69, 9.17) is 30.3 Å². The van der Waals surface area contributed by atoms with E-state index in [9.17, 15) is 4.79 Å². The van der Waals surface area contributed by atoms with Crippen LogP contribution in [0.2, 0.25) is 5.02 Å². The third kappa shape index (κ3) is 4.32. The number of aromatic nitrogens is 2. The molecule has 1 aliphatic heterocycles. The zero-order chi connectivity index (χ0) is 19.3. The molecular weight excluding hydrogens is 384 g/mol. The van der Waals surface area contributed by atoms with Crippen LogP contribution in [0.3, 0.4) is 0 Å². The quantitative estimate of drug-likeness (QED) is 0.475. The van der Waals surface area contributed by atoms with Crippen LogP contribution in [-0.4, -0.2) is 29.3 Å². The minimum atomic E-state index is -0.527. The summed E-state index contributed by atoms with van der Waals surface area (Å²) in [5.41, 5.74) is 1.55. The first-order valence-electron chi connectivity index (χ1n) is 8.50. The zero-order valence-corrected chi connectivity index (χ0v) is 15.4. The molecule has 0 aliphatic carbocycles. The smallest absolute Gasteiger partial charge is 0.331 e. The number of carbonyl (C=O) groups excluding carboxylic acids is 1. The monoisotopic (exact) mass is 398 g/mol. The predicted octanol–water partition coefficient (Wildman–Crippen LogP) is 3.92. The Morgan fingerprint density at radius 2 is 1.89 bits per heavy atom. The molecule has 0 bridgehead atoms. The van der Waals surface area contributed by atoms with E-state index in [0.29, 0.717) is 35.6 Å². The first kappa shape index (κ1) is 18.1. The molecule has 0 saturated carbocycles. The first-order chi connectivity index (χ1) is 13.7. The van der Waals surface area contributed by atoms with E-state index in [0.717, 1.165) is 11.1 Å². The molecule has 0 radical (unpaired) electrons. The Labute approximate surface area is 165 Å². The van der Waals surface area contributed by atoms with Crippen LogP contribution in [0, 0.1) is 0 Å². The molecular formula is C20H15ClN2O5. The second-order valence-corrected chi connectivity index (χ2v) is 6.30. The third-order valence-corrected chi connectivity index (χ3v) is 4.14. The minimum Gasteiger partial charge on any atom is -0.486 e. The van der Waals surface area contributed by atoms with Crippen molar-refractivity contribution < 1.29 is 23.5 Å². The Balaban J connectivity index is 1.33. The summed E-state index contributed by atoms with van der Waals surface area (Å²) in [7, 11) is 0. The van der Waals surface area contributed by atoms with Crippen molar-refractivity contribution in [2.45, 2.75) is 6.61 Å². The van der Waals surface area contributed by atoms with Crippen LogP contribution in [0.4, 0.5) is 0 Å². The van der Waals surface area contributed by atoms with Crippen molar-refractivity contribution in [2.75, 3.05) is 13.2 Å². The molecule has 1 aliphatic rings. The average Bonchev–Trinajstić information content (AvgIpc) is 3.20. The molecule has 28 heavy (non-hydrogen) atoms. The second kappa shape index (κ2) is 8.14. The van der Waals surface area contributed by atoms with E-state index in [1.807, 2.05) is 6.07 Å². The second-order valence-electron chi connectivity index (χ2n) is 5.86. The summed E-state index contributed by atoms with van der Waals surface area (Å²) >= 11 is 5.86. The molecule has 0 amide bonds. The van der Waals surface area contributed by atoms with Crippen molar-refractivity contribution in [1.29, 1.82) is 0 Å². The Morgan fingerprint density at radius 1 is 1.11 bits per heavy atom. The van der Waals surface area contributed by atoms with Gasteiger partial charge in [-0.2, -0.15) is 4.98 Å². The average molecular weight is 399 g/mol. The van der Waals surface area contributed by atoms with Gasteiger partial charge in [0.1, 0.15) is 13.2 Å². The summed E-state index contributed by atoms with van der Waals surface area (Å²) in [6.07, 6.45) is 2.95. The van der Waals surface area contributed by atoms with Gasteiger partial charge in [0.05, 0.1) is 0 Å². The molecule has 1 aromatic heterocycles. The highest BCUT2D eigenvalue weighted by Gasteiger charge is 2.12. The third-order valence-electron chi connectivity index (χ3n) is 3.89. The molecule has 0 atom stereocenters. The lowest BCUT2D eigenvalue weighted by Crippen LogP contribution is -2.15. The molecule has 3 aromatic rings. The summed E-state index contributed by atoms with van der Waals surface area (Å²) in [6.45, 7) is 0.916. The Bertz CT molecular complexity index is 1010. The minimum absolute atomic E-state index is 0.120. The maximum atomic E-state index is 11.9. The van der Waals surface area contributed by atoms with Gasteiger partial charge in [-0.3, -0.25) is 0 Å². The van der Waals surface area contributed by atoms with Crippen LogP contribution in [0.5, 0.6) is 11.5 Å². The highest BCUT2D eigenvalue weighted by Crippen LogP contribution is 2.31. The van der Waals surface area contributed by atoms with Gasteiger partial charge in [0.25, 0.3) is 5.89 Å². The topological polar surface area (TPSA) is 83.7 Å². The van der Waals surface area contributed by atoms with Crippen LogP contribution in [0.15, 0.2) is 53.1 Å². The van der Waals surface area contributed by atoms with Gasteiger partial charge >= 0.3 is 5.97 Å². The van der Waals surface area contributed by atoms with Gasteiger partial charge in [-0.05, 0) is 48.0 Å². The number of benzene rings is 2. The maximum Gasteiger partial charge on any atom is 0.331 e. The summed E-state index contributed by atoms with van der Waals surface area (Å²) in [4.78, 5) is 16.1. The predicted molar refractivity (Wildman–Crippen MR) is 101 cm³/mol. The Kier molecular flexibility index (Phi) is 5.25. The Morgan fingerprint density at radius 3 is 2.71 bits per heavy atom. The van der Waals surface area contributed by atoms with Gasteiger partial charge in [-0.1, -0.05) is 22.8 Å². The van der Waals surface area contributed by atoms with Crippen LogP contribution < -0.4 is 9.47 Å². The number of carbonyl (C=O) groups is 1. The molecule has 0 N–H and O–H groups in total. The number of fused-ring (bicyclic) bond motifs is 1. The zero-order valence-electron chi connectivity index (χ0n) is 14.6. The van der Waals surface area contributed by atoms with Crippen molar-refractivity contribution >= 4 is 23.6 Å². The number of ether oxygens (including phenoxy) is 3. The van der Waals surface area contributed by atoms with Crippen LogP contribution >= 0.6 is 11.6 Å². The van der Waals surface area contributed by atoms with Crippen molar-refractivity contribution in [3.63, 3.8) is 0 Å². The fourth-order valence-electron chi connectivity index (χ4n) is 2.54. The van der Waals surface area contributed by atoms with Gasteiger partial charge in [0.2, 0.25) is 5.82 Å². The van der Waals surface area contributed by atoms with E-state index >= 15 is 0 Å².